The number of sulfonamides is 1. The quantitative estimate of drug-likeness (QED) is 0.587. The minimum atomic E-state index is -3.54. The van der Waals surface area contributed by atoms with Crippen LogP contribution in [0.1, 0.15) is 34.3 Å². The molecule has 2 fully saturated rings. The van der Waals surface area contributed by atoms with Gasteiger partial charge in [0.05, 0.1) is 9.80 Å². The zero-order valence-corrected chi connectivity index (χ0v) is 20.3. The maximum Gasteiger partial charge on any atom is 0.293 e. The van der Waals surface area contributed by atoms with Gasteiger partial charge in [-0.1, -0.05) is 29.8 Å². The van der Waals surface area contributed by atoms with Crippen LogP contribution in [-0.4, -0.2) is 60.9 Å². The Morgan fingerprint density at radius 3 is 2.32 bits per heavy atom. The van der Waals surface area contributed by atoms with Crippen LogP contribution in [0.2, 0.25) is 0 Å². The van der Waals surface area contributed by atoms with Gasteiger partial charge in [-0.3, -0.25) is 19.3 Å². The topological polar surface area (TPSA) is 104 Å². The lowest BCUT2D eigenvalue weighted by Crippen LogP contribution is -2.37. The van der Waals surface area contributed by atoms with Gasteiger partial charge in [0, 0.05) is 31.7 Å². The molecule has 0 spiro atoms. The lowest BCUT2D eigenvalue weighted by molar-refractivity contribution is -0.122. The van der Waals surface area contributed by atoms with E-state index in [1.165, 1.54) is 28.6 Å². The molecule has 2 aliphatic rings. The molecule has 34 heavy (non-hydrogen) atoms. The Morgan fingerprint density at radius 2 is 1.68 bits per heavy atom. The summed E-state index contributed by atoms with van der Waals surface area (Å²) in [4.78, 5) is 39.0. The average molecular weight is 500 g/mol. The van der Waals surface area contributed by atoms with Crippen molar-refractivity contribution in [1.82, 2.24) is 14.5 Å². The van der Waals surface area contributed by atoms with Crippen LogP contribution in [0.15, 0.2) is 58.3 Å². The fourth-order valence-corrected chi connectivity index (χ4v) is 6.13. The minimum absolute atomic E-state index is 0.0447. The Hall–Kier alpha value is -2.95. The van der Waals surface area contributed by atoms with Crippen LogP contribution >= 0.6 is 11.8 Å². The normalized spacial score (nSPS) is 18.1. The number of nitrogens with zero attached hydrogens (tertiary/aromatic N) is 2. The summed E-state index contributed by atoms with van der Waals surface area (Å²) < 4.78 is 26.7. The summed E-state index contributed by atoms with van der Waals surface area (Å²) >= 11 is 0.875. The van der Waals surface area contributed by atoms with E-state index in [-0.39, 0.29) is 29.1 Å². The lowest BCUT2D eigenvalue weighted by atomic mass is 10.1. The second kappa shape index (κ2) is 10.1. The molecule has 0 unspecified atom stereocenters. The average Bonchev–Trinajstić information content (AvgIpc) is 3.46. The van der Waals surface area contributed by atoms with Crippen LogP contribution in [0.3, 0.4) is 0 Å². The number of benzene rings is 2. The Bertz CT molecular complexity index is 1230. The van der Waals surface area contributed by atoms with Gasteiger partial charge in [0.1, 0.15) is 0 Å². The molecule has 2 saturated heterocycles. The van der Waals surface area contributed by atoms with Gasteiger partial charge in [-0.2, -0.15) is 4.31 Å². The second-order valence-corrected chi connectivity index (χ2v) is 11.1. The Morgan fingerprint density at radius 1 is 1.03 bits per heavy atom. The number of carbonyl (C=O) groups is 3. The summed E-state index contributed by atoms with van der Waals surface area (Å²) in [5.74, 6) is -0.798. The summed E-state index contributed by atoms with van der Waals surface area (Å²) in [5, 5.41) is 2.30. The summed E-state index contributed by atoms with van der Waals surface area (Å²) in [6.07, 6.45) is 3.38. The fraction of sp³-hybridized carbons (Fsp3) is 0.292. The molecule has 0 saturated carbocycles. The molecule has 8 nitrogen and oxygen atoms in total. The predicted molar refractivity (Wildman–Crippen MR) is 131 cm³/mol. The van der Waals surface area contributed by atoms with Gasteiger partial charge in [0.25, 0.3) is 17.1 Å². The van der Waals surface area contributed by atoms with Crippen molar-refractivity contribution in [1.29, 1.82) is 0 Å². The van der Waals surface area contributed by atoms with E-state index in [2.05, 4.69) is 5.32 Å². The number of imide groups is 1. The molecule has 4 rings (SSSR count). The summed E-state index contributed by atoms with van der Waals surface area (Å²) in [6.45, 7) is 3.12. The highest BCUT2D eigenvalue weighted by molar-refractivity contribution is 8.18. The van der Waals surface area contributed by atoms with Crippen molar-refractivity contribution in [2.24, 2.45) is 0 Å². The molecule has 2 aromatic carbocycles. The van der Waals surface area contributed by atoms with Crippen molar-refractivity contribution >= 4 is 44.9 Å². The summed E-state index contributed by atoms with van der Waals surface area (Å²) in [7, 11) is -3.54. The van der Waals surface area contributed by atoms with E-state index in [9.17, 15) is 22.8 Å². The number of nitrogens with one attached hydrogen (secondary N) is 1. The highest BCUT2D eigenvalue weighted by Crippen LogP contribution is 2.32. The Balaban J connectivity index is 1.32. The van der Waals surface area contributed by atoms with Crippen LogP contribution in [0, 0.1) is 6.92 Å². The smallest absolute Gasteiger partial charge is 0.293 e. The lowest BCUT2D eigenvalue weighted by Gasteiger charge is -2.16. The summed E-state index contributed by atoms with van der Waals surface area (Å²) in [5.41, 5.74) is 2.23. The number of hydrogen-bond donors (Lipinski definition) is 1. The molecule has 0 radical (unpaired) electrons. The van der Waals surface area contributed by atoms with Crippen molar-refractivity contribution in [3.63, 3.8) is 0 Å². The zero-order chi connectivity index (χ0) is 24.3. The van der Waals surface area contributed by atoms with Crippen LogP contribution in [0.25, 0.3) is 6.08 Å². The molecular weight excluding hydrogens is 474 g/mol. The molecule has 0 aliphatic carbocycles. The van der Waals surface area contributed by atoms with Crippen molar-refractivity contribution in [2.45, 2.75) is 24.7 Å². The third-order valence-electron chi connectivity index (χ3n) is 5.69. The molecule has 10 heteroatoms. The third-order valence-corrected chi connectivity index (χ3v) is 8.51. The predicted octanol–water partition coefficient (Wildman–Crippen LogP) is 3.25. The number of carbonyl (C=O) groups excluding carboxylic acids is 3. The maximum absolute atomic E-state index is 12.6. The zero-order valence-electron chi connectivity index (χ0n) is 18.7. The number of rotatable bonds is 7. The Kier molecular flexibility index (Phi) is 7.20. The maximum atomic E-state index is 12.6. The first-order valence-corrected chi connectivity index (χ1v) is 13.2. The number of thioether (sulfide) groups is 1. The number of amides is 3. The van der Waals surface area contributed by atoms with Crippen LogP contribution < -0.4 is 5.32 Å². The number of aryl methyl sites for hydroxylation is 1. The first-order chi connectivity index (χ1) is 16.3. The van der Waals surface area contributed by atoms with E-state index in [0.717, 1.165) is 40.6 Å². The van der Waals surface area contributed by atoms with Crippen LogP contribution in [0.4, 0.5) is 4.79 Å². The first kappa shape index (κ1) is 24.2. The highest BCUT2D eigenvalue weighted by Gasteiger charge is 2.34. The SMILES string of the molecule is Cc1ccc(C=C2SC(=O)N(CCNC(=O)c3ccc(S(=O)(=O)N4CCCC4)cc3)C2=O)cc1. The molecule has 0 aromatic heterocycles. The van der Waals surface area contributed by atoms with Crippen molar-refractivity contribution in [3.8, 4) is 0 Å². The largest absolute Gasteiger partial charge is 0.350 e. The molecule has 3 amide bonds. The van der Waals surface area contributed by atoms with E-state index in [4.69, 9.17) is 0 Å². The van der Waals surface area contributed by atoms with Crippen LogP contribution in [0.5, 0.6) is 0 Å². The molecule has 2 aliphatic heterocycles. The molecule has 0 bridgehead atoms. The van der Waals surface area contributed by atoms with Gasteiger partial charge >= 0.3 is 0 Å². The van der Waals surface area contributed by atoms with Crippen molar-refractivity contribution in [3.05, 3.63) is 70.1 Å². The van der Waals surface area contributed by atoms with Crippen LogP contribution in [-0.2, 0) is 14.8 Å². The van der Waals surface area contributed by atoms with Gasteiger partial charge < -0.3 is 5.32 Å². The van der Waals surface area contributed by atoms with Gasteiger partial charge in [-0.25, -0.2) is 8.42 Å². The second-order valence-electron chi connectivity index (χ2n) is 8.14. The van der Waals surface area contributed by atoms with E-state index in [0.29, 0.717) is 23.6 Å². The molecule has 1 N–H and O–H groups in total. The van der Waals surface area contributed by atoms with Gasteiger partial charge in [-0.15, -0.1) is 0 Å². The monoisotopic (exact) mass is 499 g/mol. The third kappa shape index (κ3) is 5.24. The molecule has 0 atom stereocenters. The van der Waals surface area contributed by atoms with E-state index >= 15 is 0 Å². The molecule has 178 valence electrons. The fourth-order valence-electron chi connectivity index (χ4n) is 3.75. The van der Waals surface area contributed by atoms with Crippen molar-refractivity contribution < 1.29 is 22.8 Å². The van der Waals surface area contributed by atoms with E-state index < -0.39 is 15.9 Å². The van der Waals surface area contributed by atoms with E-state index in [1.807, 2.05) is 31.2 Å². The molecule has 2 heterocycles. The Labute approximate surface area is 203 Å². The van der Waals surface area contributed by atoms with Gasteiger partial charge in [0.15, 0.2) is 0 Å². The first-order valence-electron chi connectivity index (χ1n) is 11.0. The molecule has 2 aromatic rings. The summed E-state index contributed by atoms with van der Waals surface area (Å²) in [6, 6.07) is 13.4. The highest BCUT2D eigenvalue weighted by atomic mass is 32.2. The van der Waals surface area contributed by atoms with Gasteiger partial charge in [0.2, 0.25) is 10.0 Å². The molecular formula is C24H25N3O5S2. The number of hydrogen-bond acceptors (Lipinski definition) is 6. The standard InChI is InChI=1S/C24H25N3O5S2/c1-17-4-6-18(7-5-17)16-21-23(29)27(24(30)33-21)15-12-25-22(28)19-8-10-20(11-9-19)34(31,32)26-13-2-3-14-26/h4-11,16H,2-3,12-15H2,1H3,(H,25,28). The minimum Gasteiger partial charge on any atom is -0.350 e. The van der Waals surface area contributed by atoms with Gasteiger partial charge in [-0.05, 0) is 67.4 Å². The van der Waals surface area contributed by atoms with E-state index in [1.54, 1.807) is 6.08 Å². The van der Waals surface area contributed by atoms with Crippen molar-refractivity contribution in [2.75, 3.05) is 26.2 Å².